The van der Waals surface area contributed by atoms with Gasteiger partial charge in [-0.3, -0.25) is 15.5 Å². The molecule has 0 aliphatic heterocycles. The molecule has 0 aliphatic carbocycles. The van der Waals surface area contributed by atoms with Crippen LogP contribution >= 0.6 is 11.8 Å². The topological polar surface area (TPSA) is 93.0 Å². The fourth-order valence-corrected chi connectivity index (χ4v) is 2.64. The third-order valence-electron chi connectivity index (χ3n) is 2.75. The van der Waals surface area contributed by atoms with Crippen molar-refractivity contribution in [1.82, 2.24) is 0 Å². The molecule has 2 aromatic rings. The van der Waals surface area contributed by atoms with Crippen molar-refractivity contribution in [2.24, 2.45) is 5.73 Å². The molecule has 0 saturated heterocycles. The van der Waals surface area contributed by atoms with Crippen molar-refractivity contribution in [2.45, 2.75) is 10.6 Å². The molecule has 0 amide bonds. The summed E-state index contributed by atoms with van der Waals surface area (Å²) < 4.78 is 0. The van der Waals surface area contributed by atoms with Crippen LogP contribution in [-0.2, 0) is 5.75 Å². The molecule has 0 spiro atoms. The number of amidine groups is 1. The molecule has 102 valence electrons. The fraction of sp³-hybridized carbons (Fsp3) is 0.0714. The Morgan fingerprint density at radius 2 is 1.85 bits per heavy atom. The van der Waals surface area contributed by atoms with E-state index in [1.165, 1.54) is 12.1 Å². The first kappa shape index (κ1) is 14.1. The van der Waals surface area contributed by atoms with Crippen molar-refractivity contribution in [3.8, 4) is 0 Å². The van der Waals surface area contributed by atoms with E-state index in [4.69, 9.17) is 11.1 Å². The molecule has 2 aromatic carbocycles. The number of nitro groups is 1. The van der Waals surface area contributed by atoms with Gasteiger partial charge in [-0.2, -0.15) is 0 Å². The highest BCUT2D eigenvalue weighted by atomic mass is 32.2. The van der Waals surface area contributed by atoms with Crippen molar-refractivity contribution in [3.05, 3.63) is 69.8 Å². The fourth-order valence-electron chi connectivity index (χ4n) is 1.73. The SMILES string of the molecule is N=C(N)c1ccccc1CSc1ccc([N+](=O)[O-])cc1. The molecule has 0 aliphatic rings. The lowest BCUT2D eigenvalue weighted by Gasteiger charge is -2.07. The van der Waals surface area contributed by atoms with E-state index >= 15 is 0 Å². The van der Waals surface area contributed by atoms with Crippen LogP contribution in [0.15, 0.2) is 53.4 Å². The van der Waals surface area contributed by atoms with Crippen molar-refractivity contribution in [3.63, 3.8) is 0 Å². The Bertz CT molecular complexity index is 641. The Kier molecular flexibility index (Phi) is 4.37. The summed E-state index contributed by atoms with van der Waals surface area (Å²) in [6.07, 6.45) is 0. The van der Waals surface area contributed by atoms with Gasteiger partial charge in [0, 0.05) is 28.3 Å². The van der Waals surface area contributed by atoms with E-state index in [2.05, 4.69) is 0 Å². The molecule has 0 unspecified atom stereocenters. The third kappa shape index (κ3) is 3.36. The lowest BCUT2D eigenvalue weighted by molar-refractivity contribution is -0.384. The standard InChI is InChI=1S/C14H13N3O2S/c15-14(16)13-4-2-1-3-10(13)9-20-12-7-5-11(6-8-12)17(18)19/h1-8H,9H2,(H3,15,16). The van der Waals surface area contributed by atoms with Gasteiger partial charge in [-0.1, -0.05) is 24.3 Å². The van der Waals surface area contributed by atoms with Crippen LogP contribution in [0, 0.1) is 15.5 Å². The molecule has 0 atom stereocenters. The largest absolute Gasteiger partial charge is 0.384 e. The number of nitrogens with one attached hydrogen (secondary N) is 1. The lowest BCUT2D eigenvalue weighted by atomic mass is 10.1. The van der Waals surface area contributed by atoms with Gasteiger partial charge in [0.15, 0.2) is 0 Å². The summed E-state index contributed by atoms with van der Waals surface area (Å²) >= 11 is 1.55. The average molecular weight is 287 g/mol. The summed E-state index contributed by atoms with van der Waals surface area (Å²) in [6.45, 7) is 0. The number of hydrogen-bond acceptors (Lipinski definition) is 4. The Morgan fingerprint density at radius 1 is 1.20 bits per heavy atom. The second-order valence-corrected chi connectivity index (χ2v) is 5.16. The van der Waals surface area contributed by atoms with E-state index in [0.29, 0.717) is 5.75 Å². The van der Waals surface area contributed by atoms with Crippen LogP contribution in [0.2, 0.25) is 0 Å². The predicted molar refractivity (Wildman–Crippen MR) is 80.1 cm³/mol. The van der Waals surface area contributed by atoms with Gasteiger partial charge in [0.2, 0.25) is 0 Å². The second-order valence-electron chi connectivity index (χ2n) is 4.11. The van der Waals surface area contributed by atoms with Gasteiger partial charge in [0.05, 0.1) is 4.92 Å². The Morgan fingerprint density at radius 3 is 2.45 bits per heavy atom. The van der Waals surface area contributed by atoms with E-state index in [1.807, 2.05) is 24.3 Å². The zero-order chi connectivity index (χ0) is 14.5. The van der Waals surface area contributed by atoms with Gasteiger partial charge in [-0.25, -0.2) is 0 Å². The number of rotatable bonds is 5. The van der Waals surface area contributed by atoms with Crippen molar-refractivity contribution in [1.29, 1.82) is 5.41 Å². The summed E-state index contributed by atoms with van der Waals surface area (Å²) in [5, 5.41) is 18.1. The highest BCUT2D eigenvalue weighted by Gasteiger charge is 2.07. The number of nitrogens with zero attached hydrogens (tertiary/aromatic N) is 1. The van der Waals surface area contributed by atoms with Crippen molar-refractivity contribution >= 4 is 23.3 Å². The quantitative estimate of drug-likeness (QED) is 0.290. The smallest absolute Gasteiger partial charge is 0.269 e. The summed E-state index contributed by atoms with van der Waals surface area (Å²) in [5.41, 5.74) is 7.32. The summed E-state index contributed by atoms with van der Waals surface area (Å²) in [4.78, 5) is 11.1. The number of nitro benzene ring substituents is 1. The zero-order valence-corrected chi connectivity index (χ0v) is 11.4. The predicted octanol–water partition coefficient (Wildman–Crippen LogP) is 3.17. The van der Waals surface area contributed by atoms with Crippen LogP contribution in [0.1, 0.15) is 11.1 Å². The zero-order valence-electron chi connectivity index (χ0n) is 10.6. The minimum atomic E-state index is -0.417. The molecule has 0 aromatic heterocycles. The minimum Gasteiger partial charge on any atom is -0.384 e. The minimum absolute atomic E-state index is 0.0462. The van der Waals surface area contributed by atoms with Gasteiger partial charge < -0.3 is 5.73 Å². The molecule has 0 bridgehead atoms. The van der Waals surface area contributed by atoms with Gasteiger partial charge in [0.25, 0.3) is 5.69 Å². The molecule has 0 saturated carbocycles. The molecule has 0 radical (unpaired) electrons. The average Bonchev–Trinajstić information content (AvgIpc) is 2.45. The highest BCUT2D eigenvalue weighted by Crippen LogP contribution is 2.26. The van der Waals surface area contributed by atoms with Crippen LogP contribution in [0.5, 0.6) is 0 Å². The summed E-state index contributed by atoms with van der Waals surface area (Å²) in [6, 6.07) is 13.9. The molecule has 0 fully saturated rings. The molecule has 3 N–H and O–H groups in total. The van der Waals surface area contributed by atoms with Crippen LogP contribution in [0.25, 0.3) is 0 Å². The monoisotopic (exact) mass is 287 g/mol. The number of non-ortho nitro benzene ring substituents is 1. The van der Waals surface area contributed by atoms with Gasteiger partial charge in [0.1, 0.15) is 5.84 Å². The molecule has 20 heavy (non-hydrogen) atoms. The van der Waals surface area contributed by atoms with Crippen LogP contribution < -0.4 is 5.73 Å². The molecule has 5 nitrogen and oxygen atoms in total. The molecule has 6 heteroatoms. The number of thioether (sulfide) groups is 1. The van der Waals surface area contributed by atoms with Crippen LogP contribution in [0.4, 0.5) is 5.69 Å². The van der Waals surface area contributed by atoms with Crippen molar-refractivity contribution < 1.29 is 4.92 Å². The van der Waals surface area contributed by atoms with E-state index in [9.17, 15) is 10.1 Å². The normalized spacial score (nSPS) is 10.2. The maximum Gasteiger partial charge on any atom is 0.269 e. The Hall–Kier alpha value is -2.34. The first-order chi connectivity index (χ1) is 9.58. The molecular weight excluding hydrogens is 274 g/mol. The highest BCUT2D eigenvalue weighted by molar-refractivity contribution is 7.98. The summed E-state index contributed by atoms with van der Waals surface area (Å²) in [7, 11) is 0. The van der Waals surface area contributed by atoms with Crippen molar-refractivity contribution in [2.75, 3.05) is 0 Å². The Labute approximate surface area is 120 Å². The summed E-state index contributed by atoms with van der Waals surface area (Å²) in [5.74, 6) is 0.706. The van der Waals surface area contributed by atoms with Gasteiger partial charge >= 0.3 is 0 Å². The van der Waals surface area contributed by atoms with Crippen LogP contribution in [-0.4, -0.2) is 10.8 Å². The molecular formula is C14H13N3O2S. The lowest BCUT2D eigenvalue weighted by Crippen LogP contribution is -2.13. The maximum atomic E-state index is 10.6. The second kappa shape index (κ2) is 6.21. The first-order valence-corrected chi connectivity index (χ1v) is 6.86. The molecule has 0 heterocycles. The first-order valence-electron chi connectivity index (χ1n) is 5.87. The Balaban J connectivity index is 2.09. The van der Waals surface area contributed by atoms with E-state index < -0.39 is 4.92 Å². The van der Waals surface area contributed by atoms with E-state index in [-0.39, 0.29) is 11.5 Å². The maximum absolute atomic E-state index is 10.6. The third-order valence-corrected chi connectivity index (χ3v) is 3.81. The molecule has 2 rings (SSSR count). The number of benzene rings is 2. The van der Waals surface area contributed by atoms with Gasteiger partial charge in [-0.05, 0) is 17.7 Å². The van der Waals surface area contributed by atoms with E-state index in [1.54, 1.807) is 23.9 Å². The van der Waals surface area contributed by atoms with Gasteiger partial charge in [-0.15, -0.1) is 11.8 Å². The number of hydrogen-bond donors (Lipinski definition) is 2. The van der Waals surface area contributed by atoms with E-state index in [0.717, 1.165) is 16.0 Å². The number of nitrogens with two attached hydrogens (primary N) is 1. The van der Waals surface area contributed by atoms with Crippen LogP contribution in [0.3, 0.4) is 0 Å². The number of nitrogen functional groups attached to an aromatic ring is 1.